The molecule has 0 fully saturated rings. The summed E-state index contributed by atoms with van der Waals surface area (Å²) in [7, 11) is 0. The van der Waals surface area contributed by atoms with Gasteiger partial charge in [-0.15, -0.1) is 12.6 Å². The van der Waals surface area contributed by atoms with Crippen molar-refractivity contribution in [1.29, 1.82) is 0 Å². The van der Waals surface area contributed by atoms with E-state index in [4.69, 9.17) is 17.3 Å². The molecular formula is C9H8O2S2. The van der Waals surface area contributed by atoms with Crippen molar-refractivity contribution in [3.05, 3.63) is 34.9 Å². The molecule has 0 radical (unpaired) electrons. The molecule has 0 aliphatic heterocycles. The van der Waals surface area contributed by atoms with Crippen LogP contribution in [-0.2, 0) is 0 Å². The Hall–Kier alpha value is -0.870. The number of thiocarbonyl (C=S) groups is 1. The molecule has 0 amide bonds. The predicted molar refractivity (Wildman–Crippen MR) is 58.8 cm³/mol. The van der Waals surface area contributed by atoms with E-state index in [1.165, 1.54) is 0 Å². The topological polar surface area (TPSA) is 37.3 Å². The maximum Gasteiger partial charge on any atom is 0.335 e. The summed E-state index contributed by atoms with van der Waals surface area (Å²) in [6.45, 7) is 1.72. The molecule has 0 heterocycles. The maximum absolute atomic E-state index is 10.7. The molecule has 0 aliphatic carbocycles. The summed E-state index contributed by atoms with van der Waals surface area (Å²) in [6, 6.07) is 4.97. The molecule has 0 unspecified atom stereocenters. The van der Waals surface area contributed by atoms with Crippen molar-refractivity contribution >= 4 is 35.0 Å². The minimum atomic E-state index is -0.941. The Morgan fingerprint density at radius 3 is 2.46 bits per heavy atom. The van der Waals surface area contributed by atoms with E-state index in [9.17, 15) is 4.79 Å². The zero-order chi connectivity index (χ0) is 10.0. The third kappa shape index (κ3) is 2.08. The quantitative estimate of drug-likeness (QED) is 0.583. The van der Waals surface area contributed by atoms with Gasteiger partial charge in [0.05, 0.1) is 9.76 Å². The average Bonchev–Trinajstić information content (AvgIpc) is 2.03. The van der Waals surface area contributed by atoms with E-state index in [1.807, 2.05) is 0 Å². The van der Waals surface area contributed by atoms with E-state index in [0.717, 1.165) is 0 Å². The van der Waals surface area contributed by atoms with E-state index < -0.39 is 5.97 Å². The molecule has 2 nitrogen and oxygen atoms in total. The molecule has 1 aromatic carbocycles. The fraction of sp³-hybridized carbons (Fsp3) is 0.111. The number of carbonyl (C=O) groups is 1. The lowest BCUT2D eigenvalue weighted by Gasteiger charge is -2.05. The third-order valence-electron chi connectivity index (χ3n) is 1.79. The zero-order valence-electron chi connectivity index (χ0n) is 6.94. The van der Waals surface area contributed by atoms with Crippen molar-refractivity contribution in [3.63, 3.8) is 0 Å². The molecule has 0 aliphatic rings. The molecule has 0 saturated heterocycles. The lowest BCUT2D eigenvalue weighted by atomic mass is 10.0. The first-order valence-corrected chi connectivity index (χ1v) is 4.45. The summed E-state index contributed by atoms with van der Waals surface area (Å²) in [4.78, 5) is 10.7. The van der Waals surface area contributed by atoms with E-state index in [2.05, 4.69) is 12.6 Å². The molecular weight excluding hydrogens is 204 g/mol. The van der Waals surface area contributed by atoms with Gasteiger partial charge in [-0.05, 0) is 18.6 Å². The number of aromatic carboxylic acids is 1. The second-order valence-electron chi connectivity index (χ2n) is 2.59. The van der Waals surface area contributed by atoms with E-state index in [0.29, 0.717) is 15.3 Å². The molecule has 68 valence electrons. The highest BCUT2D eigenvalue weighted by Crippen LogP contribution is 2.16. The molecule has 0 aromatic heterocycles. The molecule has 1 rings (SSSR count). The van der Waals surface area contributed by atoms with Crippen LogP contribution in [0.4, 0.5) is 0 Å². The summed E-state index contributed by atoms with van der Waals surface area (Å²) in [5.74, 6) is -0.941. The van der Waals surface area contributed by atoms with Gasteiger partial charge >= 0.3 is 5.97 Å². The van der Waals surface area contributed by atoms with Gasteiger partial charge in [-0.1, -0.05) is 24.4 Å². The van der Waals surface area contributed by atoms with Crippen molar-refractivity contribution in [2.45, 2.75) is 6.92 Å². The van der Waals surface area contributed by atoms with Gasteiger partial charge in [0.1, 0.15) is 0 Å². The fourth-order valence-corrected chi connectivity index (χ4v) is 1.56. The maximum atomic E-state index is 10.7. The average molecular weight is 212 g/mol. The van der Waals surface area contributed by atoms with E-state index >= 15 is 0 Å². The lowest BCUT2D eigenvalue weighted by Crippen LogP contribution is -2.03. The Bertz CT molecular complexity index is 340. The van der Waals surface area contributed by atoms with Gasteiger partial charge in [-0.25, -0.2) is 4.79 Å². The SMILES string of the molecule is Cc1c(C(=O)O)cccc1C(=S)S. The van der Waals surface area contributed by atoms with Gasteiger partial charge in [0, 0.05) is 5.56 Å². The summed E-state index contributed by atoms with van der Waals surface area (Å²) >= 11 is 8.88. The van der Waals surface area contributed by atoms with Gasteiger partial charge < -0.3 is 5.11 Å². The number of hydrogen-bond donors (Lipinski definition) is 2. The molecule has 0 bridgehead atoms. The van der Waals surface area contributed by atoms with Crippen LogP contribution < -0.4 is 0 Å². The second-order valence-corrected chi connectivity index (χ2v) is 3.75. The predicted octanol–water partition coefficient (Wildman–Crippen LogP) is 2.30. The van der Waals surface area contributed by atoms with Crippen molar-refractivity contribution < 1.29 is 9.90 Å². The largest absolute Gasteiger partial charge is 0.478 e. The highest BCUT2D eigenvalue weighted by Gasteiger charge is 2.10. The van der Waals surface area contributed by atoms with E-state index in [-0.39, 0.29) is 5.56 Å². The minimum absolute atomic E-state index is 0.272. The molecule has 1 N–H and O–H groups in total. The van der Waals surface area contributed by atoms with Crippen LogP contribution in [0.15, 0.2) is 18.2 Å². The Morgan fingerprint density at radius 2 is 2.00 bits per heavy atom. The number of benzene rings is 1. The first-order valence-electron chi connectivity index (χ1n) is 3.60. The van der Waals surface area contributed by atoms with Crippen LogP contribution in [0.3, 0.4) is 0 Å². The second kappa shape index (κ2) is 3.89. The van der Waals surface area contributed by atoms with Crippen molar-refractivity contribution in [2.24, 2.45) is 0 Å². The number of carboxylic acids is 1. The standard InChI is InChI=1S/C9H8O2S2/c1-5-6(8(10)11)3-2-4-7(5)9(12)13/h2-4H,1H3,(H,10,11)(H,12,13). The van der Waals surface area contributed by atoms with Crippen LogP contribution in [0, 0.1) is 6.92 Å². The first kappa shape index (κ1) is 10.2. The first-order chi connectivity index (χ1) is 6.04. The molecule has 0 saturated carbocycles. The van der Waals surface area contributed by atoms with Gasteiger partial charge in [0.2, 0.25) is 0 Å². The summed E-state index contributed by atoms with van der Waals surface area (Å²) < 4.78 is 0.417. The third-order valence-corrected chi connectivity index (χ3v) is 2.26. The van der Waals surface area contributed by atoms with Crippen LogP contribution in [-0.4, -0.2) is 15.3 Å². The van der Waals surface area contributed by atoms with Crippen LogP contribution in [0.2, 0.25) is 0 Å². The van der Waals surface area contributed by atoms with Gasteiger partial charge in [-0.2, -0.15) is 0 Å². The highest BCUT2D eigenvalue weighted by molar-refractivity contribution is 8.11. The lowest BCUT2D eigenvalue weighted by molar-refractivity contribution is 0.0696. The van der Waals surface area contributed by atoms with E-state index in [1.54, 1.807) is 25.1 Å². The molecule has 13 heavy (non-hydrogen) atoms. The number of thiol groups is 1. The van der Waals surface area contributed by atoms with Crippen molar-refractivity contribution in [2.75, 3.05) is 0 Å². The van der Waals surface area contributed by atoms with Gasteiger partial charge in [0.25, 0.3) is 0 Å². The zero-order valence-corrected chi connectivity index (χ0v) is 8.65. The molecule has 0 spiro atoms. The van der Waals surface area contributed by atoms with Crippen molar-refractivity contribution in [3.8, 4) is 0 Å². The Labute approximate surface area is 87.0 Å². The van der Waals surface area contributed by atoms with Crippen molar-refractivity contribution in [1.82, 2.24) is 0 Å². The Morgan fingerprint density at radius 1 is 1.46 bits per heavy atom. The van der Waals surface area contributed by atoms with Gasteiger partial charge in [0.15, 0.2) is 0 Å². The minimum Gasteiger partial charge on any atom is -0.478 e. The van der Waals surface area contributed by atoms with Crippen LogP contribution in [0.25, 0.3) is 0 Å². The fourth-order valence-electron chi connectivity index (χ4n) is 1.10. The Kier molecular flexibility index (Phi) is 3.06. The monoisotopic (exact) mass is 212 g/mol. The summed E-state index contributed by atoms with van der Waals surface area (Å²) in [5.41, 5.74) is 1.64. The molecule has 0 atom stereocenters. The smallest absolute Gasteiger partial charge is 0.335 e. The van der Waals surface area contributed by atoms with Crippen LogP contribution in [0.1, 0.15) is 21.5 Å². The molecule has 4 heteroatoms. The summed E-state index contributed by atoms with van der Waals surface area (Å²) in [6.07, 6.45) is 0. The normalized spacial score (nSPS) is 9.69. The highest BCUT2D eigenvalue weighted by atomic mass is 32.1. The molecule has 1 aromatic rings. The van der Waals surface area contributed by atoms with Crippen LogP contribution in [0.5, 0.6) is 0 Å². The Balaban J connectivity index is 3.35. The summed E-state index contributed by atoms with van der Waals surface area (Å²) in [5, 5.41) is 8.80. The number of hydrogen-bond acceptors (Lipinski definition) is 2. The van der Waals surface area contributed by atoms with Gasteiger partial charge in [-0.3, -0.25) is 0 Å². The number of carboxylic acid groups (broad SMARTS) is 1. The van der Waals surface area contributed by atoms with Crippen LogP contribution >= 0.6 is 24.8 Å². The number of rotatable bonds is 2.